The molecule has 0 aliphatic heterocycles. The van der Waals surface area contributed by atoms with E-state index >= 15 is 0 Å². The second-order valence-corrected chi connectivity index (χ2v) is 9.81. The van der Waals surface area contributed by atoms with Crippen molar-refractivity contribution in [3.05, 3.63) is 88.9 Å². The maximum absolute atomic E-state index is 12.5. The molecular weight excluding hydrogens is 563 g/mol. The predicted octanol–water partition coefficient (Wildman–Crippen LogP) is 8.06. The van der Waals surface area contributed by atoms with Gasteiger partial charge in [0.05, 0.1) is 28.5 Å². The number of nitrogens with zero attached hydrogens (tertiary/aromatic N) is 3. The normalized spacial score (nSPS) is 11.8. The van der Waals surface area contributed by atoms with Gasteiger partial charge in [0.25, 0.3) is 0 Å². The molecule has 0 saturated carbocycles. The SMILES string of the molecule is Cc1cccc(Cl)c1NC(=O)NSN=Cc1ccc2c(ccc3c(-c4ccc(OC(F)(F)F)cc4)n(C)nc32)c1. The number of hydrogen-bond acceptors (Lipinski definition) is 5. The number of halogens is 4. The number of carbonyl (C=O) groups is 1. The third-order valence-electron chi connectivity index (χ3n) is 6.06. The molecule has 2 N–H and O–H groups in total. The summed E-state index contributed by atoms with van der Waals surface area (Å²) in [4.78, 5) is 12.2. The average molecular weight is 584 g/mol. The van der Waals surface area contributed by atoms with Gasteiger partial charge in [-0.25, -0.2) is 9.19 Å². The van der Waals surface area contributed by atoms with Crippen LogP contribution in [0.1, 0.15) is 11.1 Å². The molecule has 0 atom stereocenters. The minimum Gasteiger partial charge on any atom is -0.406 e. The van der Waals surface area contributed by atoms with Gasteiger partial charge in [-0.3, -0.25) is 9.40 Å². The summed E-state index contributed by atoms with van der Waals surface area (Å²) in [5, 5.41) is 10.5. The molecule has 5 aromatic rings. The Morgan fingerprint density at radius 3 is 2.55 bits per heavy atom. The van der Waals surface area contributed by atoms with Crippen LogP contribution in [0.4, 0.5) is 23.7 Å². The number of aromatic nitrogens is 2. The van der Waals surface area contributed by atoms with Crippen molar-refractivity contribution in [1.82, 2.24) is 14.5 Å². The highest BCUT2D eigenvalue weighted by Crippen LogP contribution is 2.34. The fourth-order valence-corrected chi connectivity index (χ4v) is 4.96. The largest absolute Gasteiger partial charge is 0.573 e. The molecule has 0 radical (unpaired) electrons. The third-order valence-corrected chi connectivity index (χ3v) is 6.86. The van der Waals surface area contributed by atoms with Crippen molar-refractivity contribution in [2.45, 2.75) is 13.3 Å². The zero-order chi connectivity index (χ0) is 28.4. The van der Waals surface area contributed by atoms with Gasteiger partial charge in [-0.1, -0.05) is 41.9 Å². The molecule has 0 saturated heterocycles. The first-order chi connectivity index (χ1) is 19.1. The van der Waals surface area contributed by atoms with Crippen LogP contribution in [0.5, 0.6) is 5.75 Å². The summed E-state index contributed by atoms with van der Waals surface area (Å²) in [5.41, 5.74) is 4.44. The first-order valence-corrected chi connectivity index (χ1v) is 13.0. The lowest BCUT2D eigenvalue weighted by Crippen LogP contribution is -2.22. The Bertz CT molecular complexity index is 1730. The standard InChI is InChI=1S/C28H21ClF3N5O2S/c1-16-4-3-5-23(29)24(16)34-27(38)36-40-33-15-17-6-12-21-19(14-17)9-13-22-25(21)35-37(2)26(22)18-7-10-20(11-8-18)39-28(30,31)32/h3-15H,1-2H3,(H2,34,36,38). The van der Waals surface area contributed by atoms with Crippen LogP contribution in [-0.2, 0) is 7.05 Å². The Hall–Kier alpha value is -4.22. The second-order valence-electron chi connectivity index (χ2n) is 8.80. The Morgan fingerprint density at radius 2 is 1.82 bits per heavy atom. The van der Waals surface area contributed by atoms with E-state index in [0.29, 0.717) is 16.3 Å². The number of ether oxygens (including phenoxy) is 1. The van der Waals surface area contributed by atoms with Crippen molar-refractivity contribution in [2.75, 3.05) is 5.32 Å². The molecule has 1 aromatic heterocycles. The minimum absolute atomic E-state index is 0.285. The fraction of sp³-hybridized carbons (Fsp3) is 0.107. The number of carbonyl (C=O) groups excluding carboxylic acids is 1. The van der Waals surface area contributed by atoms with Gasteiger partial charge in [0.15, 0.2) is 0 Å². The van der Waals surface area contributed by atoms with E-state index < -0.39 is 12.4 Å². The number of rotatable bonds is 6. The molecule has 7 nitrogen and oxygen atoms in total. The van der Waals surface area contributed by atoms with Gasteiger partial charge >= 0.3 is 12.4 Å². The van der Waals surface area contributed by atoms with Crippen LogP contribution in [0, 0.1) is 6.92 Å². The number of hydrogen-bond donors (Lipinski definition) is 2. The van der Waals surface area contributed by atoms with Crippen LogP contribution in [0.2, 0.25) is 5.02 Å². The van der Waals surface area contributed by atoms with Gasteiger partial charge in [0.2, 0.25) is 0 Å². The second kappa shape index (κ2) is 11.1. The summed E-state index contributed by atoms with van der Waals surface area (Å²) in [6, 6.07) is 20.2. The molecule has 0 spiro atoms. The van der Waals surface area contributed by atoms with Gasteiger partial charge in [-0.05, 0) is 65.9 Å². The van der Waals surface area contributed by atoms with Crippen LogP contribution < -0.4 is 14.8 Å². The van der Waals surface area contributed by atoms with Crippen LogP contribution in [0.3, 0.4) is 0 Å². The smallest absolute Gasteiger partial charge is 0.406 e. The Morgan fingerprint density at radius 1 is 1.07 bits per heavy atom. The van der Waals surface area contributed by atoms with E-state index in [4.69, 9.17) is 11.6 Å². The molecule has 0 unspecified atom stereocenters. The molecule has 0 aliphatic rings. The topological polar surface area (TPSA) is 80.5 Å². The van der Waals surface area contributed by atoms with Crippen LogP contribution in [-0.4, -0.2) is 28.4 Å². The third kappa shape index (κ3) is 6.00. The highest BCUT2D eigenvalue weighted by Gasteiger charge is 2.31. The van der Waals surface area contributed by atoms with Crippen LogP contribution >= 0.6 is 23.7 Å². The number of aryl methyl sites for hydroxylation is 2. The van der Waals surface area contributed by atoms with E-state index in [-0.39, 0.29) is 5.75 Å². The molecule has 204 valence electrons. The Balaban J connectivity index is 1.30. The summed E-state index contributed by atoms with van der Waals surface area (Å²) >= 11 is 7.02. The van der Waals surface area contributed by atoms with E-state index in [2.05, 4.69) is 24.3 Å². The van der Waals surface area contributed by atoms with Crippen molar-refractivity contribution >= 4 is 63.3 Å². The van der Waals surface area contributed by atoms with Gasteiger partial charge in [-0.2, -0.15) is 5.10 Å². The molecule has 0 fully saturated rings. The predicted molar refractivity (Wildman–Crippen MR) is 154 cm³/mol. The zero-order valence-electron chi connectivity index (χ0n) is 21.1. The lowest BCUT2D eigenvalue weighted by molar-refractivity contribution is -0.274. The molecule has 5 rings (SSSR count). The number of alkyl halides is 3. The fourth-order valence-electron chi connectivity index (χ4n) is 4.33. The van der Waals surface area contributed by atoms with Crippen molar-refractivity contribution in [3.8, 4) is 17.0 Å². The molecule has 40 heavy (non-hydrogen) atoms. The first kappa shape index (κ1) is 27.4. The number of amides is 2. The van der Waals surface area contributed by atoms with E-state index in [0.717, 1.165) is 50.6 Å². The van der Waals surface area contributed by atoms with E-state index in [1.165, 1.54) is 12.1 Å². The van der Waals surface area contributed by atoms with Crippen LogP contribution in [0.25, 0.3) is 32.9 Å². The molecule has 0 bridgehead atoms. The van der Waals surface area contributed by atoms with Gasteiger partial charge in [0.1, 0.15) is 11.3 Å². The summed E-state index contributed by atoms with van der Waals surface area (Å²) in [7, 11) is 1.79. The maximum Gasteiger partial charge on any atom is 0.573 e. The number of urea groups is 1. The van der Waals surface area contributed by atoms with E-state index in [1.807, 2.05) is 43.3 Å². The summed E-state index contributed by atoms with van der Waals surface area (Å²) in [5.74, 6) is -0.285. The van der Waals surface area contributed by atoms with E-state index in [1.54, 1.807) is 42.2 Å². The van der Waals surface area contributed by atoms with Crippen molar-refractivity contribution in [1.29, 1.82) is 0 Å². The molecule has 2 amide bonds. The maximum atomic E-state index is 12.5. The average Bonchev–Trinajstić information content (AvgIpc) is 3.24. The summed E-state index contributed by atoms with van der Waals surface area (Å²) in [6.45, 7) is 1.85. The minimum atomic E-state index is -4.75. The lowest BCUT2D eigenvalue weighted by atomic mass is 10.0. The van der Waals surface area contributed by atoms with Gasteiger partial charge in [-0.15, -0.1) is 13.2 Å². The van der Waals surface area contributed by atoms with Crippen molar-refractivity contribution in [2.24, 2.45) is 11.4 Å². The number of benzene rings is 4. The lowest BCUT2D eigenvalue weighted by Gasteiger charge is -2.09. The van der Waals surface area contributed by atoms with E-state index in [9.17, 15) is 18.0 Å². The first-order valence-electron chi connectivity index (χ1n) is 11.9. The summed E-state index contributed by atoms with van der Waals surface area (Å²) in [6.07, 6.45) is -3.12. The molecule has 1 heterocycles. The monoisotopic (exact) mass is 583 g/mol. The number of nitrogens with one attached hydrogen (secondary N) is 2. The number of fused-ring (bicyclic) bond motifs is 3. The molecular formula is C28H21ClF3N5O2S. The van der Waals surface area contributed by atoms with Crippen LogP contribution in [0.15, 0.2) is 77.2 Å². The number of para-hydroxylation sites is 1. The quantitative estimate of drug-likeness (QED) is 0.156. The molecule has 4 aromatic carbocycles. The number of anilines is 1. The van der Waals surface area contributed by atoms with Crippen molar-refractivity contribution in [3.63, 3.8) is 0 Å². The highest BCUT2D eigenvalue weighted by molar-refractivity contribution is 7.96. The highest BCUT2D eigenvalue weighted by atomic mass is 35.5. The van der Waals surface area contributed by atoms with Gasteiger partial charge < -0.3 is 10.1 Å². The Kier molecular flexibility index (Phi) is 7.59. The Labute approximate surface area is 236 Å². The van der Waals surface area contributed by atoms with Gasteiger partial charge in [0, 0.05) is 29.6 Å². The molecule has 0 aliphatic carbocycles. The zero-order valence-corrected chi connectivity index (χ0v) is 22.7. The molecule has 12 heteroatoms. The summed E-state index contributed by atoms with van der Waals surface area (Å²) < 4.78 is 50.0. The van der Waals surface area contributed by atoms with Crippen molar-refractivity contribution < 1.29 is 22.7 Å².